The summed E-state index contributed by atoms with van der Waals surface area (Å²) in [5, 5.41) is 0. The summed E-state index contributed by atoms with van der Waals surface area (Å²) in [6.07, 6.45) is 64.4. The third kappa shape index (κ3) is 52.2. The highest BCUT2D eigenvalue weighted by Gasteiger charge is 2.21. The Morgan fingerprint density at radius 3 is 1.27 bits per heavy atom. The molecule has 2 atom stereocenters. The number of carbonyl (C=O) groups is 2. The van der Waals surface area contributed by atoms with Crippen molar-refractivity contribution in [1.29, 1.82) is 0 Å². The van der Waals surface area contributed by atoms with Crippen LogP contribution in [0.5, 0.6) is 0 Å². The molecule has 384 valence electrons. The topological polar surface area (TPSA) is 111 Å². The van der Waals surface area contributed by atoms with Crippen molar-refractivity contribution >= 4 is 19.8 Å². The largest absolute Gasteiger partial charge is 0.756 e. The lowest BCUT2D eigenvalue weighted by molar-refractivity contribution is -0.870. The average Bonchev–Trinajstić information content (AvgIpc) is 3.29. The summed E-state index contributed by atoms with van der Waals surface area (Å²) in [4.78, 5) is 37.7. The van der Waals surface area contributed by atoms with E-state index < -0.39 is 32.5 Å². The van der Waals surface area contributed by atoms with Crippen LogP contribution in [0.3, 0.4) is 0 Å². The summed E-state index contributed by atoms with van der Waals surface area (Å²) < 4.78 is 34.0. The number of allylic oxidation sites excluding steroid dienone is 16. The number of nitrogens with zero attached hydrogens (tertiary/aromatic N) is 1. The molecule has 0 aliphatic heterocycles. The standard InChI is InChI=1S/C57H98NO8P/c1-6-8-10-12-14-16-18-20-22-23-24-25-26-27-28-29-30-31-32-33-34-35-36-38-40-42-44-46-48-50-57(60)66-55(54-65-67(61,62)64-52-51-58(3,4)5)53-63-56(59)49-47-45-43-41-39-37-21-19-17-15-13-11-9-7-2/h8,10,14,16,20,22,24-25,27-28,30-31,33-34,36,38,55H,6-7,9,11-13,15,17-19,21,23,26,29,32,35,37,39-54H2,1-5H3/b10-8-,16-14-,22-20-,25-24-,28-27-,31-30-,34-33-,38-36-. The fourth-order valence-electron chi connectivity index (χ4n) is 6.79. The lowest BCUT2D eigenvalue weighted by Gasteiger charge is -2.28. The first-order valence-electron chi connectivity index (χ1n) is 26.4. The Kier molecular flexibility index (Phi) is 45.8. The molecule has 67 heavy (non-hydrogen) atoms. The number of unbranched alkanes of at least 4 members (excludes halogenated alkanes) is 17. The van der Waals surface area contributed by atoms with Crippen molar-refractivity contribution in [2.45, 2.75) is 206 Å². The van der Waals surface area contributed by atoms with Gasteiger partial charge in [-0.2, -0.15) is 0 Å². The molecule has 9 nitrogen and oxygen atoms in total. The normalized spacial score (nSPS) is 14.2. The van der Waals surface area contributed by atoms with Crippen LogP contribution in [0.2, 0.25) is 0 Å². The van der Waals surface area contributed by atoms with Gasteiger partial charge in [0.15, 0.2) is 6.10 Å². The molecule has 0 bridgehead atoms. The van der Waals surface area contributed by atoms with E-state index in [9.17, 15) is 19.0 Å². The lowest BCUT2D eigenvalue weighted by Crippen LogP contribution is -2.37. The molecule has 0 aromatic heterocycles. The first-order chi connectivity index (χ1) is 32.5. The number of phosphoric acid groups is 1. The summed E-state index contributed by atoms with van der Waals surface area (Å²) in [6.45, 7) is 4.08. The van der Waals surface area contributed by atoms with Gasteiger partial charge < -0.3 is 27.9 Å². The highest BCUT2D eigenvalue weighted by Crippen LogP contribution is 2.38. The van der Waals surface area contributed by atoms with Gasteiger partial charge in [0.25, 0.3) is 7.82 Å². The van der Waals surface area contributed by atoms with Crippen LogP contribution >= 0.6 is 7.82 Å². The molecule has 0 aromatic rings. The quantitative estimate of drug-likeness (QED) is 0.0195. The minimum absolute atomic E-state index is 0.0402. The number of ether oxygens (including phenoxy) is 2. The van der Waals surface area contributed by atoms with Crippen molar-refractivity contribution < 1.29 is 42.1 Å². The van der Waals surface area contributed by atoms with E-state index in [1.807, 2.05) is 21.1 Å². The maximum absolute atomic E-state index is 12.7. The number of likely N-dealkylation sites (N-methyl/N-ethyl adjacent to an activating group) is 1. The second-order valence-electron chi connectivity index (χ2n) is 18.5. The number of hydrogen-bond acceptors (Lipinski definition) is 8. The number of esters is 2. The van der Waals surface area contributed by atoms with Crippen molar-refractivity contribution in [2.75, 3.05) is 47.5 Å². The molecule has 0 heterocycles. The lowest BCUT2D eigenvalue weighted by atomic mass is 10.0. The van der Waals surface area contributed by atoms with Crippen LogP contribution in [0.1, 0.15) is 200 Å². The first kappa shape index (κ1) is 63.9. The van der Waals surface area contributed by atoms with Gasteiger partial charge in [0.2, 0.25) is 0 Å². The van der Waals surface area contributed by atoms with Gasteiger partial charge >= 0.3 is 11.9 Å². The van der Waals surface area contributed by atoms with E-state index in [4.69, 9.17) is 18.5 Å². The third-order valence-electron chi connectivity index (χ3n) is 10.9. The second kappa shape index (κ2) is 48.0. The Bertz CT molecular complexity index is 1450. The summed E-state index contributed by atoms with van der Waals surface area (Å²) in [5.41, 5.74) is 0. The van der Waals surface area contributed by atoms with Crippen molar-refractivity contribution in [3.05, 3.63) is 97.2 Å². The molecule has 0 radical (unpaired) electrons. The van der Waals surface area contributed by atoms with Crippen LogP contribution in [-0.2, 0) is 32.7 Å². The first-order valence-corrected chi connectivity index (χ1v) is 27.9. The third-order valence-corrected chi connectivity index (χ3v) is 11.8. The van der Waals surface area contributed by atoms with Gasteiger partial charge in [-0.1, -0.05) is 207 Å². The van der Waals surface area contributed by atoms with Crippen molar-refractivity contribution in [2.24, 2.45) is 0 Å². The van der Waals surface area contributed by atoms with Crippen molar-refractivity contribution in [3.63, 3.8) is 0 Å². The predicted molar refractivity (Wildman–Crippen MR) is 282 cm³/mol. The Hall–Kier alpha value is -3.07. The number of hydrogen-bond donors (Lipinski definition) is 0. The fourth-order valence-corrected chi connectivity index (χ4v) is 7.52. The van der Waals surface area contributed by atoms with Crippen LogP contribution in [-0.4, -0.2) is 70.0 Å². The smallest absolute Gasteiger partial charge is 0.306 e. The van der Waals surface area contributed by atoms with E-state index in [0.29, 0.717) is 17.4 Å². The van der Waals surface area contributed by atoms with Gasteiger partial charge in [-0.05, 0) is 77.0 Å². The van der Waals surface area contributed by atoms with Crippen LogP contribution in [0.25, 0.3) is 0 Å². The Morgan fingerprint density at radius 1 is 0.478 bits per heavy atom. The van der Waals surface area contributed by atoms with Crippen LogP contribution in [0.4, 0.5) is 0 Å². The number of quaternary nitrogens is 1. The van der Waals surface area contributed by atoms with E-state index in [1.54, 1.807) is 0 Å². The maximum atomic E-state index is 12.7. The summed E-state index contributed by atoms with van der Waals surface area (Å²) in [7, 11) is 1.14. The minimum Gasteiger partial charge on any atom is -0.756 e. The van der Waals surface area contributed by atoms with E-state index in [2.05, 4.69) is 111 Å². The zero-order valence-corrected chi connectivity index (χ0v) is 44.2. The van der Waals surface area contributed by atoms with Gasteiger partial charge in [-0.25, -0.2) is 0 Å². The monoisotopic (exact) mass is 956 g/mol. The molecule has 0 saturated carbocycles. The van der Waals surface area contributed by atoms with Gasteiger partial charge in [-0.15, -0.1) is 0 Å². The van der Waals surface area contributed by atoms with E-state index >= 15 is 0 Å². The summed E-state index contributed by atoms with van der Waals surface area (Å²) in [6, 6.07) is 0. The number of carbonyl (C=O) groups excluding carboxylic acids is 2. The second-order valence-corrected chi connectivity index (χ2v) is 19.9. The molecule has 0 spiro atoms. The number of phosphoric ester groups is 1. The molecular weight excluding hydrogens is 858 g/mol. The van der Waals surface area contributed by atoms with Gasteiger partial charge in [0.1, 0.15) is 19.8 Å². The zero-order valence-electron chi connectivity index (χ0n) is 43.3. The maximum Gasteiger partial charge on any atom is 0.306 e. The van der Waals surface area contributed by atoms with E-state index in [1.165, 1.54) is 70.6 Å². The van der Waals surface area contributed by atoms with Crippen molar-refractivity contribution in [3.8, 4) is 0 Å². The molecule has 0 N–H and O–H groups in total. The SMILES string of the molecule is CC/C=C\C/C=C\C/C=C\C/C=C\C/C=C\C/C=C\C/C=C\C/C=C\CCCCCCC(=O)OC(COC(=O)CCCCCCCCCCCCCCCC)COP(=O)([O-])OCC[N+](C)(C)C. The summed E-state index contributed by atoms with van der Waals surface area (Å²) in [5.74, 6) is -0.866. The Morgan fingerprint density at radius 2 is 0.851 bits per heavy atom. The minimum atomic E-state index is -4.64. The van der Waals surface area contributed by atoms with E-state index in [-0.39, 0.29) is 26.1 Å². The van der Waals surface area contributed by atoms with Crippen molar-refractivity contribution in [1.82, 2.24) is 0 Å². The molecule has 0 rings (SSSR count). The van der Waals surface area contributed by atoms with Gasteiger partial charge in [-0.3, -0.25) is 14.2 Å². The molecule has 10 heteroatoms. The highest BCUT2D eigenvalue weighted by atomic mass is 31.2. The average molecular weight is 956 g/mol. The molecule has 0 saturated heterocycles. The predicted octanol–water partition coefficient (Wildman–Crippen LogP) is 15.5. The zero-order chi connectivity index (χ0) is 49.2. The highest BCUT2D eigenvalue weighted by molar-refractivity contribution is 7.45. The van der Waals surface area contributed by atoms with Gasteiger partial charge in [0.05, 0.1) is 27.7 Å². The fraction of sp³-hybridized carbons (Fsp3) is 0.684. The molecule has 0 aliphatic rings. The molecule has 0 fully saturated rings. The molecule has 0 aromatic carbocycles. The number of rotatable bonds is 47. The Balaban J connectivity index is 4.29. The molecule has 0 aliphatic carbocycles. The van der Waals surface area contributed by atoms with Crippen LogP contribution in [0, 0.1) is 0 Å². The van der Waals surface area contributed by atoms with Gasteiger partial charge in [0, 0.05) is 12.8 Å². The summed E-state index contributed by atoms with van der Waals surface area (Å²) >= 11 is 0. The Labute approximate surface area is 411 Å². The van der Waals surface area contributed by atoms with E-state index in [0.717, 1.165) is 96.3 Å². The van der Waals surface area contributed by atoms with Crippen LogP contribution in [0.15, 0.2) is 97.2 Å². The molecule has 0 amide bonds. The molecule has 2 unspecified atom stereocenters. The van der Waals surface area contributed by atoms with Crippen LogP contribution < -0.4 is 4.89 Å². The molecular formula is C57H98NO8P.